The monoisotopic (exact) mass is 327 g/mol. The first-order chi connectivity index (χ1) is 11.2. The normalized spacial score (nSPS) is 13.8. The quantitative estimate of drug-likeness (QED) is 0.756. The molecular formula is C17H17N3O4. The van der Waals surface area contributed by atoms with Crippen LogP contribution in [0.3, 0.4) is 0 Å². The molecule has 0 saturated heterocycles. The zero-order valence-electron chi connectivity index (χ0n) is 13.5. The predicted octanol–water partition coefficient (Wildman–Crippen LogP) is 1.30. The van der Waals surface area contributed by atoms with Gasteiger partial charge in [-0.25, -0.2) is 9.31 Å². The average molecular weight is 327 g/mol. The van der Waals surface area contributed by atoms with Crippen molar-refractivity contribution in [2.24, 2.45) is 7.05 Å². The third kappa shape index (κ3) is 2.21. The third-order valence-corrected chi connectivity index (χ3v) is 4.29. The van der Waals surface area contributed by atoms with Crippen LogP contribution in [0.15, 0.2) is 41.5 Å². The van der Waals surface area contributed by atoms with Gasteiger partial charge in [-0.15, -0.1) is 0 Å². The van der Waals surface area contributed by atoms with E-state index in [1.165, 1.54) is 28.3 Å². The van der Waals surface area contributed by atoms with Crippen LogP contribution in [-0.2, 0) is 12.6 Å². The molecule has 0 aliphatic carbocycles. The molecule has 24 heavy (non-hydrogen) atoms. The Morgan fingerprint density at radius 1 is 1.33 bits per heavy atom. The molecule has 0 aliphatic rings. The Labute approximate surface area is 137 Å². The molecule has 7 nitrogen and oxygen atoms in total. The lowest BCUT2D eigenvalue weighted by atomic mass is 9.90. The standard InChI is InChI=1S/C17H17N3O4/c1-10-14(16(22)23)12-5-4-7-18-20(12)15(10)17(2,24)11-6-8-19(3)13(21)9-11/h4-9,24H,1-3H3,(H,22,23). The second kappa shape index (κ2) is 5.31. The van der Waals surface area contributed by atoms with Gasteiger partial charge in [0.2, 0.25) is 0 Å². The van der Waals surface area contributed by atoms with Crippen LogP contribution in [0, 0.1) is 6.92 Å². The summed E-state index contributed by atoms with van der Waals surface area (Å²) in [4.78, 5) is 23.6. The molecule has 124 valence electrons. The number of carbonyl (C=O) groups is 1. The van der Waals surface area contributed by atoms with Crippen molar-refractivity contribution in [2.45, 2.75) is 19.4 Å². The van der Waals surface area contributed by atoms with Gasteiger partial charge in [0.15, 0.2) is 0 Å². The van der Waals surface area contributed by atoms with Crippen molar-refractivity contribution >= 4 is 11.5 Å². The van der Waals surface area contributed by atoms with Gasteiger partial charge in [-0.3, -0.25) is 4.79 Å². The molecule has 0 fully saturated rings. The summed E-state index contributed by atoms with van der Waals surface area (Å²) in [6.45, 7) is 3.15. The van der Waals surface area contributed by atoms with Crippen molar-refractivity contribution in [2.75, 3.05) is 0 Å². The fraction of sp³-hybridized carbons (Fsp3) is 0.235. The lowest BCUT2D eigenvalue weighted by molar-refractivity contribution is 0.0698. The minimum Gasteiger partial charge on any atom is -0.478 e. The number of hydrogen-bond donors (Lipinski definition) is 2. The lowest BCUT2D eigenvalue weighted by Crippen LogP contribution is -2.29. The Kier molecular flexibility index (Phi) is 3.53. The van der Waals surface area contributed by atoms with E-state index >= 15 is 0 Å². The van der Waals surface area contributed by atoms with Crippen molar-refractivity contribution in [1.29, 1.82) is 0 Å². The summed E-state index contributed by atoms with van der Waals surface area (Å²) in [5.41, 5.74) is -0.268. The highest BCUT2D eigenvalue weighted by Gasteiger charge is 2.35. The maximum absolute atomic E-state index is 11.9. The fourth-order valence-electron chi connectivity index (χ4n) is 3.04. The van der Waals surface area contributed by atoms with Crippen molar-refractivity contribution in [3.8, 4) is 0 Å². The lowest BCUT2D eigenvalue weighted by Gasteiger charge is -2.24. The summed E-state index contributed by atoms with van der Waals surface area (Å²) >= 11 is 0. The number of aryl methyl sites for hydroxylation is 1. The first-order valence-electron chi connectivity index (χ1n) is 7.34. The number of hydrogen-bond acceptors (Lipinski definition) is 4. The van der Waals surface area contributed by atoms with Crippen LogP contribution in [-0.4, -0.2) is 30.4 Å². The Morgan fingerprint density at radius 3 is 2.67 bits per heavy atom. The Bertz CT molecular complexity index is 1010. The molecule has 2 N–H and O–H groups in total. The van der Waals surface area contributed by atoms with Gasteiger partial charge in [-0.05, 0) is 43.2 Å². The summed E-state index contributed by atoms with van der Waals surface area (Å²) in [6.07, 6.45) is 3.07. The van der Waals surface area contributed by atoms with Gasteiger partial charge in [-0.2, -0.15) is 5.10 Å². The van der Waals surface area contributed by atoms with Gasteiger partial charge in [0.1, 0.15) is 5.60 Å². The number of nitrogens with zero attached hydrogens (tertiary/aromatic N) is 3. The van der Waals surface area contributed by atoms with E-state index < -0.39 is 11.6 Å². The number of aromatic nitrogens is 3. The summed E-state index contributed by atoms with van der Waals surface area (Å²) in [6, 6.07) is 6.23. The molecule has 0 spiro atoms. The molecule has 7 heteroatoms. The Hall–Kier alpha value is -2.93. The van der Waals surface area contributed by atoms with Crippen LogP contribution >= 0.6 is 0 Å². The van der Waals surface area contributed by atoms with Gasteiger partial charge < -0.3 is 14.8 Å². The molecule has 3 heterocycles. The van der Waals surface area contributed by atoms with E-state index in [9.17, 15) is 19.8 Å². The molecule has 3 rings (SSSR count). The van der Waals surface area contributed by atoms with E-state index in [2.05, 4.69) is 5.10 Å². The minimum atomic E-state index is -1.58. The number of aliphatic hydroxyl groups is 1. The zero-order chi connectivity index (χ0) is 17.6. The second-order valence-electron chi connectivity index (χ2n) is 5.91. The van der Waals surface area contributed by atoms with E-state index in [1.54, 1.807) is 38.4 Å². The summed E-state index contributed by atoms with van der Waals surface area (Å²) in [5.74, 6) is -1.09. The van der Waals surface area contributed by atoms with Gasteiger partial charge in [0, 0.05) is 25.5 Å². The molecular weight excluding hydrogens is 310 g/mol. The molecule has 0 bridgehead atoms. The third-order valence-electron chi connectivity index (χ3n) is 4.29. The predicted molar refractivity (Wildman–Crippen MR) is 87.2 cm³/mol. The average Bonchev–Trinajstić information content (AvgIpc) is 2.82. The molecule has 0 aromatic carbocycles. The topological polar surface area (TPSA) is 96.8 Å². The van der Waals surface area contributed by atoms with E-state index in [0.717, 1.165) is 0 Å². The SMILES string of the molecule is Cc1c(C(=O)O)c2cccnn2c1C(C)(O)c1ccn(C)c(=O)c1. The van der Waals surface area contributed by atoms with Gasteiger partial charge >= 0.3 is 5.97 Å². The Morgan fingerprint density at radius 2 is 2.04 bits per heavy atom. The highest BCUT2D eigenvalue weighted by atomic mass is 16.4. The van der Waals surface area contributed by atoms with Crippen LogP contribution in [0.2, 0.25) is 0 Å². The number of fused-ring (bicyclic) bond motifs is 1. The first-order valence-corrected chi connectivity index (χ1v) is 7.34. The number of carboxylic acids is 1. The first kappa shape index (κ1) is 15.9. The fourth-order valence-corrected chi connectivity index (χ4v) is 3.04. The maximum atomic E-state index is 11.9. The van der Waals surface area contributed by atoms with E-state index in [0.29, 0.717) is 22.3 Å². The largest absolute Gasteiger partial charge is 0.478 e. The molecule has 1 atom stereocenters. The number of rotatable bonds is 3. The van der Waals surface area contributed by atoms with E-state index in [-0.39, 0.29) is 11.1 Å². The van der Waals surface area contributed by atoms with Crippen molar-refractivity contribution in [1.82, 2.24) is 14.2 Å². The molecule has 1 unspecified atom stereocenters. The van der Waals surface area contributed by atoms with Crippen LogP contribution in [0.4, 0.5) is 0 Å². The molecule has 3 aromatic heterocycles. The highest BCUT2D eigenvalue weighted by Crippen LogP contribution is 2.34. The van der Waals surface area contributed by atoms with Crippen LogP contribution in [0.25, 0.3) is 5.52 Å². The van der Waals surface area contributed by atoms with E-state index in [1.807, 2.05) is 0 Å². The molecule has 0 aliphatic heterocycles. The van der Waals surface area contributed by atoms with Gasteiger partial charge in [0.25, 0.3) is 5.56 Å². The zero-order valence-corrected chi connectivity index (χ0v) is 13.5. The molecule has 3 aromatic rings. The number of aromatic carboxylic acids is 1. The van der Waals surface area contributed by atoms with Crippen molar-refractivity contribution < 1.29 is 15.0 Å². The second-order valence-corrected chi connectivity index (χ2v) is 5.91. The smallest absolute Gasteiger partial charge is 0.338 e. The minimum absolute atomic E-state index is 0.0854. The van der Waals surface area contributed by atoms with Crippen LogP contribution < -0.4 is 5.56 Å². The Balaban J connectivity index is 2.36. The van der Waals surface area contributed by atoms with Gasteiger partial charge in [-0.1, -0.05) is 0 Å². The summed E-state index contributed by atoms with van der Waals surface area (Å²) in [5, 5.41) is 24.8. The highest BCUT2D eigenvalue weighted by molar-refractivity contribution is 5.98. The number of pyridine rings is 1. The van der Waals surface area contributed by atoms with Crippen LogP contribution in [0.1, 0.15) is 34.1 Å². The van der Waals surface area contributed by atoms with Gasteiger partial charge in [0.05, 0.1) is 16.8 Å². The molecule has 0 amide bonds. The van der Waals surface area contributed by atoms with E-state index in [4.69, 9.17) is 0 Å². The van der Waals surface area contributed by atoms with Crippen molar-refractivity contribution in [3.63, 3.8) is 0 Å². The molecule has 0 radical (unpaired) electrons. The summed E-state index contributed by atoms with van der Waals surface area (Å²) < 4.78 is 2.81. The van der Waals surface area contributed by atoms with Crippen molar-refractivity contribution in [3.05, 3.63) is 69.4 Å². The maximum Gasteiger partial charge on any atom is 0.338 e. The molecule has 0 saturated carbocycles. The summed E-state index contributed by atoms with van der Waals surface area (Å²) in [7, 11) is 1.61. The number of carboxylic acid groups (broad SMARTS) is 1. The van der Waals surface area contributed by atoms with Crippen LogP contribution in [0.5, 0.6) is 0 Å².